The first kappa shape index (κ1) is 26.4. The van der Waals surface area contributed by atoms with Crippen LogP contribution in [0.3, 0.4) is 0 Å². The van der Waals surface area contributed by atoms with Crippen LogP contribution < -0.4 is 21.7 Å². The van der Waals surface area contributed by atoms with Crippen LogP contribution in [0, 0.1) is 11.3 Å². The maximum Gasteiger partial charge on any atom is 0.312 e. The summed E-state index contributed by atoms with van der Waals surface area (Å²) in [5, 5.41) is 8.94. The van der Waals surface area contributed by atoms with Crippen molar-refractivity contribution in [1.82, 2.24) is 16.0 Å². The van der Waals surface area contributed by atoms with Crippen molar-refractivity contribution in [3.63, 3.8) is 0 Å². The molecule has 0 heterocycles. The smallest absolute Gasteiger partial charge is 0.312 e. The van der Waals surface area contributed by atoms with E-state index in [9.17, 15) is 14.4 Å². The van der Waals surface area contributed by atoms with Crippen LogP contribution in [-0.4, -0.2) is 41.9 Å². The number of primary amides is 1. The molecule has 0 saturated heterocycles. The zero-order chi connectivity index (χ0) is 22.1. The number of hydrogen-bond donors (Lipinski definition) is 4. The Balaban J connectivity index is 5.24. The molecule has 0 spiro atoms. The average molecular weight is 399 g/mol. The number of ketones is 1. The Labute approximate surface area is 171 Å². The van der Waals surface area contributed by atoms with Crippen molar-refractivity contribution in [3.05, 3.63) is 0 Å². The molecule has 0 aromatic heterocycles. The summed E-state index contributed by atoms with van der Waals surface area (Å²) >= 11 is 0. The zero-order valence-electron chi connectivity index (χ0n) is 19.1. The first-order valence-corrected chi connectivity index (χ1v) is 10.4. The number of nitrogens with one attached hydrogen (secondary N) is 3. The van der Waals surface area contributed by atoms with Gasteiger partial charge in [0, 0.05) is 17.5 Å². The van der Waals surface area contributed by atoms with Gasteiger partial charge in [-0.3, -0.25) is 9.59 Å². The van der Waals surface area contributed by atoms with Gasteiger partial charge in [0.25, 0.3) is 0 Å². The Bertz CT molecular complexity index is 524. The largest absolute Gasteiger partial charge is 0.352 e. The van der Waals surface area contributed by atoms with Crippen molar-refractivity contribution < 1.29 is 14.4 Å². The molecule has 0 aromatic carbocycles. The summed E-state index contributed by atoms with van der Waals surface area (Å²) in [4.78, 5) is 36.7. The molecule has 0 aliphatic rings. The van der Waals surface area contributed by atoms with Gasteiger partial charge in [-0.05, 0) is 39.0 Å². The monoisotopic (exact) mass is 398 g/mol. The lowest BCUT2D eigenvalue weighted by molar-refractivity contribution is -0.134. The van der Waals surface area contributed by atoms with E-state index in [2.05, 4.69) is 36.7 Å². The molecular formula is C21H42N4O3. The summed E-state index contributed by atoms with van der Waals surface area (Å²) in [7, 11) is 0. The van der Waals surface area contributed by atoms with E-state index in [0.29, 0.717) is 19.4 Å². The Morgan fingerprint density at radius 1 is 1.04 bits per heavy atom. The fourth-order valence-corrected chi connectivity index (χ4v) is 3.22. The van der Waals surface area contributed by atoms with Gasteiger partial charge in [0.2, 0.25) is 5.91 Å². The summed E-state index contributed by atoms with van der Waals surface area (Å²) in [6.45, 7) is 16.2. The first-order valence-electron chi connectivity index (χ1n) is 10.4. The predicted octanol–water partition coefficient (Wildman–Crippen LogP) is 2.73. The molecule has 164 valence electrons. The lowest BCUT2D eigenvalue weighted by Crippen LogP contribution is -2.58. The summed E-state index contributed by atoms with van der Waals surface area (Å²) in [6.07, 6.45) is 2.97. The van der Waals surface area contributed by atoms with Crippen LogP contribution in [0.2, 0.25) is 0 Å². The topological polar surface area (TPSA) is 113 Å². The van der Waals surface area contributed by atoms with Crippen molar-refractivity contribution >= 4 is 17.7 Å². The maximum atomic E-state index is 13.0. The van der Waals surface area contributed by atoms with Crippen LogP contribution in [0.5, 0.6) is 0 Å². The van der Waals surface area contributed by atoms with Gasteiger partial charge < -0.3 is 21.7 Å². The lowest BCUT2D eigenvalue weighted by Gasteiger charge is -2.34. The van der Waals surface area contributed by atoms with E-state index in [1.54, 1.807) is 0 Å². The number of amides is 3. The first-order chi connectivity index (χ1) is 12.7. The summed E-state index contributed by atoms with van der Waals surface area (Å²) < 4.78 is 0. The molecule has 7 nitrogen and oxygen atoms in total. The highest BCUT2D eigenvalue weighted by Gasteiger charge is 2.34. The van der Waals surface area contributed by atoms with Crippen molar-refractivity contribution in [2.45, 2.75) is 98.7 Å². The average Bonchev–Trinajstić information content (AvgIpc) is 2.53. The second kappa shape index (κ2) is 11.4. The maximum absolute atomic E-state index is 13.0. The van der Waals surface area contributed by atoms with Crippen molar-refractivity contribution in [2.75, 3.05) is 6.54 Å². The summed E-state index contributed by atoms with van der Waals surface area (Å²) in [5.41, 5.74) is 4.34. The normalized spacial score (nSPS) is 14.5. The number of rotatable bonds is 12. The molecule has 5 N–H and O–H groups in total. The number of nitrogens with two attached hydrogens (primary N) is 1. The Hall–Kier alpha value is -1.63. The number of carbonyl (C=O) groups is 3. The zero-order valence-corrected chi connectivity index (χ0v) is 19.1. The highest BCUT2D eigenvalue weighted by atomic mass is 16.2. The van der Waals surface area contributed by atoms with Crippen LogP contribution in [-0.2, 0) is 9.59 Å². The minimum Gasteiger partial charge on any atom is -0.352 e. The number of hydrogen-bond acceptors (Lipinski definition) is 4. The van der Waals surface area contributed by atoms with Gasteiger partial charge in [-0.1, -0.05) is 48.0 Å². The molecule has 3 amide bonds. The van der Waals surface area contributed by atoms with E-state index >= 15 is 0 Å². The van der Waals surface area contributed by atoms with Gasteiger partial charge in [-0.2, -0.15) is 0 Å². The van der Waals surface area contributed by atoms with E-state index in [1.165, 1.54) is 0 Å². The standard InChI is InChI=1S/C21H42N4O3/c1-9-12-21(7,8)25-16(14(2)3)18(27)24-15(17(26)20(4,5)6)11-10-13-23-19(22)28/h14-16,25H,9-13H2,1-8H3,(H,24,27)(H3,22,23,28)/t15-,16?/m0/s1. The van der Waals surface area contributed by atoms with Crippen molar-refractivity contribution in [3.8, 4) is 0 Å². The minimum atomic E-state index is -0.598. The third-order valence-electron chi connectivity index (χ3n) is 4.71. The van der Waals surface area contributed by atoms with Crippen molar-refractivity contribution in [1.29, 1.82) is 0 Å². The number of urea groups is 1. The lowest BCUT2D eigenvalue weighted by atomic mass is 9.84. The molecule has 0 fully saturated rings. The third-order valence-corrected chi connectivity index (χ3v) is 4.71. The Morgan fingerprint density at radius 2 is 1.61 bits per heavy atom. The number of carbonyl (C=O) groups excluding carboxylic acids is 3. The highest BCUT2D eigenvalue weighted by Crippen LogP contribution is 2.20. The second-order valence-corrected chi connectivity index (χ2v) is 9.61. The van der Waals surface area contributed by atoms with E-state index < -0.39 is 17.5 Å². The predicted molar refractivity (Wildman–Crippen MR) is 114 cm³/mol. The molecule has 0 aliphatic heterocycles. The van der Waals surface area contributed by atoms with Crippen LogP contribution >= 0.6 is 0 Å². The van der Waals surface area contributed by atoms with E-state index in [-0.39, 0.29) is 29.2 Å². The molecule has 28 heavy (non-hydrogen) atoms. The van der Waals surface area contributed by atoms with Crippen molar-refractivity contribution in [2.24, 2.45) is 17.1 Å². The van der Waals surface area contributed by atoms with Gasteiger partial charge in [0.15, 0.2) is 5.78 Å². The fraction of sp³-hybridized carbons (Fsp3) is 0.857. The molecule has 1 unspecified atom stereocenters. The van der Waals surface area contributed by atoms with Gasteiger partial charge in [0.1, 0.15) is 0 Å². The Morgan fingerprint density at radius 3 is 2.04 bits per heavy atom. The summed E-state index contributed by atoms with van der Waals surface area (Å²) in [6, 6.07) is -1.58. The minimum absolute atomic E-state index is 0.0183. The quantitative estimate of drug-likeness (QED) is 0.379. The van der Waals surface area contributed by atoms with E-state index in [4.69, 9.17) is 5.73 Å². The van der Waals surface area contributed by atoms with E-state index in [1.807, 2.05) is 34.6 Å². The molecule has 0 aliphatic carbocycles. The van der Waals surface area contributed by atoms with Gasteiger partial charge in [0.05, 0.1) is 12.1 Å². The van der Waals surface area contributed by atoms with Gasteiger partial charge in [-0.25, -0.2) is 4.79 Å². The molecular weight excluding hydrogens is 356 g/mol. The fourth-order valence-electron chi connectivity index (χ4n) is 3.22. The van der Waals surface area contributed by atoms with Crippen LogP contribution in [0.15, 0.2) is 0 Å². The molecule has 0 saturated carbocycles. The Kier molecular flexibility index (Phi) is 10.7. The van der Waals surface area contributed by atoms with E-state index in [0.717, 1.165) is 12.8 Å². The molecule has 0 aromatic rings. The SMILES string of the molecule is CCCC(C)(C)NC(C(=O)N[C@@H](CCCNC(N)=O)C(=O)C(C)(C)C)C(C)C. The van der Waals surface area contributed by atoms with Gasteiger partial charge in [-0.15, -0.1) is 0 Å². The molecule has 2 atom stereocenters. The number of Topliss-reactive ketones (excluding diaryl/α,β-unsaturated/α-hetero) is 1. The van der Waals surface area contributed by atoms with Crippen LogP contribution in [0.4, 0.5) is 4.79 Å². The van der Waals surface area contributed by atoms with Crippen LogP contribution in [0.1, 0.15) is 81.1 Å². The molecule has 7 heteroatoms. The second-order valence-electron chi connectivity index (χ2n) is 9.61. The molecule has 0 rings (SSSR count). The molecule has 0 bridgehead atoms. The van der Waals surface area contributed by atoms with Crippen LogP contribution in [0.25, 0.3) is 0 Å². The third kappa shape index (κ3) is 10.1. The highest BCUT2D eigenvalue weighted by molar-refractivity contribution is 5.93. The van der Waals surface area contributed by atoms with Gasteiger partial charge >= 0.3 is 6.03 Å². The molecule has 0 radical (unpaired) electrons. The summed E-state index contributed by atoms with van der Waals surface area (Å²) in [5.74, 6) is -0.0991.